The van der Waals surface area contributed by atoms with Crippen molar-refractivity contribution in [2.45, 2.75) is 9.92 Å². The van der Waals surface area contributed by atoms with Crippen LogP contribution < -0.4 is 0 Å². The third kappa shape index (κ3) is 2.73. The third-order valence-corrected chi connectivity index (χ3v) is 3.99. The van der Waals surface area contributed by atoms with Gasteiger partial charge in [0.15, 0.2) is 5.82 Å². The molecule has 0 saturated heterocycles. The number of fused-ring (bicyclic) bond motifs is 1. The number of carbonyl (C=O) groups is 1. The molecule has 5 heteroatoms. The van der Waals surface area contributed by atoms with Crippen LogP contribution in [0.4, 0.5) is 4.39 Å². The highest BCUT2D eigenvalue weighted by Crippen LogP contribution is 2.31. The highest BCUT2D eigenvalue weighted by Gasteiger charge is 2.15. The molecule has 0 aliphatic carbocycles. The molecule has 3 nitrogen and oxygen atoms in total. The predicted octanol–water partition coefficient (Wildman–Crippen LogP) is 4.22. The lowest BCUT2D eigenvalue weighted by Gasteiger charge is -2.05. The first-order chi connectivity index (χ1) is 10.1. The number of hydrogen-bond donors (Lipinski definition) is 1. The van der Waals surface area contributed by atoms with Crippen molar-refractivity contribution in [2.24, 2.45) is 0 Å². The van der Waals surface area contributed by atoms with Gasteiger partial charge in [0.1, 0.15) is 5.03 Å². The zero-order valence-corrected chi connectivity index (χ0v) is 11.6. The Labute approximate surface area is 124 Å². The minimum Gasteiger partial charge on any atom is -0.478 e. The summed E-state index contributed by atoms with van der Waals surface area (Å²) in [5.41, 5.74) is -0.367. The molecule has 0 fully saturated rings. The van der Waals surface area contributed by atoms with E-state index in [1.54, 1.807) is 0 Å². The first kappa shape index (κ1) is 13.6. The Morgan fingerprint density at radius 3 is 2.62 bits per heavy atom. The fourth-order valence-corrected chi connectivity index (χ4v) is 2.86. The topological polar surface area (TPSA) is 50.2 Å². The highest BCUT2D eigenvalue weighted by atomic mass is 32.2. The molecule has 104 valence electrons. The number of carboxylic acid groups (broad SMARTS) is 1. The largest absolute Gasteiger partial charge is 0.478 e. The number of halogens is 1. The number of aromatic carboxylic acids is 1. The van der Waals surface area contributed by atoms with Crippen LogP contribution in [0.5, 0.6) is 0 Å². The predicted molar refractivity (Wildman–Crippen MR) is 79.2 cm³/mol. The van der Waals surface area contributed by atoms with E-state index in [1.165, 1.54) is 6.20 Å². The average molecular weight is 299 g/mol. The number of pyridine rings is 1. The van der Waals surface area contributed by atoms with Gasteiger partial charge in [-0.1, -0.05) is 42.1 Å². The van der Waals surface area contributed by atoms with E-state index >= 15 is 0 Å². The smallest absolute Gasteiger partial charge is 0.338 e. The molecule has 0 radical (unpaired) electrons. The van der Waals surface area contributed by atoms with Crippen LogP contribution in [0.2, 0.25) is 0 Å². The Bertz CT molecular complexity index is 835. The third-order valence-electron chi connectivity index (χ3n) is 3.02. The maximum absolute atomic E-state index is 14.1. The van der Waals surface area contributed by atoms with Gasteiger partial charge < -0.3 is 5.11 Å². The molecule has 0 spiro atoms. The molecule has 1 aromatic heterocycles. The molecule has 3 aromatic rings. The number of hydrogen-bond acceptors (Lipinski definition) is 3. The van der Waals surface area contributed by atoms with E-state index in [0.29, 0.717) is 0 Å². The minimum absolute atomic E-state index is 0.0604. The fraction of sp³-hybridized carbons (Fsp3) is 0. The normalized spacial score (nSPS) is 10.7. The zero-order valence-electron chi connectivity index (χ0n) is 10.8. The van der Waals surface area contributed by atoms with Crippen molar-refractivity contribution >= 4 is 28.5 Å². The summed E-state index contributed by atoms with van der Waals surface area (Å²) in [6.07, 6.45) is 1.30. The molecular weight excluding hydrogens is 289 g/mol. The first-order valence-electron chi connectivity index (χ1n) is 6.19. The first-order valence-corrected chi connectivity index (χ1v) is 7.01. The summed E-state index contributed by atoms with van der Waals surface area (Å²) in [5, 5.41) is 11.1. The van der Waals surface area contributed by atoms with E-state index in [2.05, 4.69) is 4.98 Å². The van der Waals surface area contributed by atoms with Gasteiger partial charge in [0, 0.05) is 11.1 Å². The second-order valence-corrected chi connectivity index (χ2v) is 5.46. The maximum atomic E-state index is 14.1. The Kier molecular flexibility index (Phi) is 3.58. The second kappa shape index (κ2) is 5.54. The van der Waals surface area contributed by atoms with Crippen molar-refractivity contribution in [3.05, 3.63) is 66.1 Å². The number of benzene rings is 2. The Hall–Kier alpha value is -2.40. The van der Waals surface area contributed by atoms with Gasteiger partial charge in [0.05, 0.1) is 5.56 Å². The van der Waals surface area contributed by atoms with Crippen LogP contribution in [0.15, 0.2) is 64.6 Å². The van der Waals surface area contributed by atoms with Crippen LogP contribution in [0.1, 0.15) is 10.4 Å². The molecule has 0 atom stereocenters. The van der Waals surface area contributed by atoms with Crippen LogP contribution in [0.25, 0.3) is 10.8 Å². The standard InChI is InChI=1S/C16H10FNO2S/c17-14-13(16(19)20)7-8-18-15(14)21-12-6-5-10-3-1-2-4-11(10)9-12/h1-9H,(H,19,20). The number of carboxylic acids is 1. The molecule has 0 aliphatic rings. The van der Waals surface area contributed by atoms with Crippen LogP contribution >= 0.6 is 11.8 Å². The van der Waals surface area contributed by atoms with Crippen LogP contribution in [0, 0.1) is 5.82 Å². The number of aromatic nitrogens is 1. The van der Waals surface area contributed by atoms with Crippen LogP contribution in [-0.2, 0) is 0 Å². The summed E-state index contributed by atoms with van der Waals surface area (Å²) in [4.78, 5) is 15.7. The van der Waals surface area contributed by atoms with Crippen LogP contribution in [0.3, 0.4) is 0 Å². The van der Waals surface area contributed by atoms with Crippen LogP contribution in [-0.4, -0.2) is 16.1 Å². The van der Waals surface area contributed by atoms with Gasteiger partial charge in [-0.2, -0.15) is 0 Å². The number of nitrogens with zero attached hydrogens (tertiary/aromatic N) is 1. The van der Waals surface area contributed by atoms with Gasteiger partial charge >= 0.3 is 5.97 Å². The lowest BCUT2D eigenvalue weighted by Crippen LogP contribution is -2.02. The van der Waals surface area contributed by atoms with Crippen molar-refractivity contribution in [3.63, 3.8) is 0 Å². The summed E-state index contributed by atoms with van der Waals surface area (Å²) >= 11 is 1.11. The van der Waals surface area contributed by atoms with Gasteiger partial charge in [0.25, 0.3) is 0 Å². The molecule has 3 rings (SSSR count). The van der Waals surface area contributed by atoms with E-state index in [-0.39, 0.29) is 10.6 Å². The van der Waals surface area contributed by atoms with Crippen molar-refractivity contribution in [2.75, 3.05) is 0 Å². The van der Waals surface area contributed by atoms with E-state index in [1.807, 2.05) is 42.5 Å². The molecule has 21 heavy (non-hydrogen) atoms. The molecule has 1 N–H and O–H groups in total. The van der Waals surface area contributed by atoms with Gasteiger partial charge in [-0.05, 0) is 29.0 Å². The van der Waals surface area contributed by atoms with Gasteiger partial charge in [-0.25, -0.2) is 14.2 Å². The fourth-order valence-electron chi connectivity index (χ4n) is 2.00. The summed E-state index contributed by atoms with van der Waals surface area (Å²) in [7, 11) is 0. The van der Waals surface area contributed by atoms with Crippen molar-refractivity contribution in [3.8, 4) is 0 Å². The van der Waals surface area contributed by atoms with E-state index in [4.69, 9.17) is 5.11 Å². The quantitative estimate of drug-likeness (QED) is 0.786. The SMILES string of the molecule is O=C(O)c1ccnc(Sc2ccc3ccccc3c2)c1F. The summed E-state index contributed by atoms with van der Waals surface area (Å²) in [5.74, 6) is -2.10. The lowest BCUT2D eigenvalue weighted by atomic mass is 10.1. The molecule has 0 amide bonds. The lowest BCUT2D eigenvalue weighted by molar-refractivity contribution is 0.0691. The van der Waals surface area contributed by atoms with Crippen molar-refractivity contribution < 1.29 is 14.3 Å². The van der Waals surface area contributed by atoms with Gasteiger partial charge in [-0.3, -0.25) is 0 Å². The van der Waals surface area contributed by atoms with E-state index in [0.717, 1.165) is 33.5 Å². The second-order valence-electron chi connectivity index (χ2n) is 4.39. The Balaban J connectivity index is 1.98. The molecular formula is C16H10FNO2S. The number of rotatable bonds is 3. The van der Waals surface area contributed by atoms with Gasteiger partial charge in [0.2, 0.25) is 0 Å². The minimum atomic E-state index is -1.30. The molecule has 0 saturated carbocycles. The van der Waals surface area contributed by atoms with E-state index < -0.39 is 11.8 Å². The molecule has 1 heterocycles. The zero-order chi connectivity index (χ0) is 14.8. The van der Waals surface area contributed by atoms with Crippen molar-refractivity contribution in [1.29, 1.82) is 0 Å². The summed E-state index contributed by atoms with van der Waals surface area (Å²) < 4.78 is 14.1. The molecule has 0 bridgehead atoms. The van der Waals surface area contributed by atoms with Crippen molar-refractivity contribution in [1.82, 2.24) is 4.98 Å². The highest BCUT2D eigenvalue weighted by molar-refractivity contribution is 7.99. The summed E-state index contributed by atoms with van der Waals surface area (Å²) in [6, 6.07) is 14.7. The molecule has 0 unspecified atom stereocenters. The molecule has 0 aliphatic heterocycles. The Morgan fingerprint density at radius 2 is 1.86 bits per heavy atom. The summed E-state index contributed by atoms with van der Waals surface area (Å²) in [6.45, 7) is 0. The van der Waals surface area contributed by atoms with Gasteiger partial charge in [-0.15, -0.1) is 0 Å². The van der Waals surface area contributed by atoms with E-state index in [9.17, 15) is 9.18 Å². The average Bonchev–Trinajstić information content (AvgIpc) is 2.49. The monoisotopic (exact) mass is 299 g/mol. The molecule has 2 aromatic carbocycles. The maximum Gasteiger partial charge on any atom is 0.338 e. The Morgan fingerprint density at radius 1 is 1.10 bits per heavy atom.